The Kier molecular flexibility index (Phi) is 9.31. The second-order valence-electron chi connectivity index (χ2n) is 9.58. The predicted molar refractivity (Wildman–Crippen MR) is 126 cm³/mol. The largest absolute Gasteiger partial charge is 1.00 e. The molecule has 5 rings (SSSR count). The second kappa shape index (κ2) is 11.0. The van der Waals surface area contributed by atoms with Crippen LogP contribution in [-0.2, 0) is 25.9 Å². The summed E-state index contributed by atoms with van der Waals surface area (Å²) in [5.74, 6) is 0.240. The fourth-order valence-electron chi connectivity index (χ4n) is 5.91. The van der Waals surface area contributed by atoms with Crippen LogP contribution in [0.2, 0.25) is 0 Å². The van der Waals surface area contributed by atoms with E-state index in [0.29, 0.717) is 0 Å². The van der Waals surface area contributed by atoms with Crippen molar-refractivity contribution in [1.82, 2.24) is 0 Å². The Balaban J connectivity index is 0.00000136. The summed E-state index contributed by atoms with van der Waals surface area (Å²) in [6.45, 7) is 7.23. The van der Waals surface area contributed by atoms with E-state index in [1.165, 1.54) is 37.2 Å². The van der Waals surface area contributed by atoms with Crippen LogP contribution in [-0.4, -0.2) is 0 Å². The van der Waals surface area contributed by atoms with Gasteiger partial charge in [-0.05, 0) is 0 Å². The van der Waals surface area contributed by atoms with Crippen LogP contribution in [0.15, 0.2) is 103 Å². The Morgan fingerprint density at radius 3 is 1.56 bits per heavy atom. The van der Waals surface area contributed by atoms with Gasteiger partial charge in [0.2, 0.25) is 0 Å². The van der Waals surface area contributed by atoms with Crippen LogP contribution < -0.4 is 41.1 Å². The van der Waals surface area contributed by atoms with Crippen LogP contribution in [0, 0.1) is 5.41 Å². The zero-order chi connectivity index (χ0) is 21.6. The molecule has 4 aromatic rings. The van der Waals surface area contributed by atoms with Gasteiger partial charge in [-0.25, -0.2) is 0 Å². The van der Waals surface area contributed by atoms with Gasteiger partial charge in [0.1, 0.15) is 0 Å². The van der Waals surface area contributed by atoms with E-state index in [2.05, 4.69) is 144 Å². The molecule has 0 radical (unpaired) electrons. The molecule has 34 heavy (non-hydrogen) atoms. The van der Waals surface area contributed by atoms with Gasteiger partial charge >= 0.3 is 198 Å². The van der Waals surface area contributed by atoms with Crippen molar-refractivity contribution >= 4 is 3.87 Å². The molecule has 0 fully saturated rings. The molecular formula is C30H27Cl3Ti. The van der Waals surface area contributed by atoms with Crippen LogP contribution >= 0.6 is 0 Å². The van der Waals surface area contributed by atoms with Gasteiger partial charge in [0, 0.05) is 0 Å². The third kappa shape index (κ3) is 4.30. The summed E-state index contributed by atoms with van der Waals surface area (Å²) >= 11 is 2.28. The van der Waals surface area contributed by atoms with E-state index in [1.54, 1.807) is 0 Å². The number of halogens is 3. The molecule has 0 bridgehead atoms. The zero-order valence-electron chi connectivity index (χ0n) is 19.5. The van der Waals surface area contributed by atoms with Gasteiger partial charge in [0.25, 0.3) is 0 Å². The van der Waals surface area contributed by atoms with Gasteiger partial charge in [0.05, 0.1) is 0 Å². The summed E-state index contributed by atoms with van der Waals surface area (Å²) in [4.78, 5) is 0. The molecule has 0 spiro atoms. The van der Waals surface area contributed by atoms with Gasteiger partial charge in [-0.2, -0.15) is 0 Å². The third-order valence-corrected chi connectivity index (χ3v) is 7.71. The second-order valence-corrected chi connectivity index (χ2v) is 10.4. The number of fused-ring (bicyclic) bond motifs is 3. The molecule has 0 N–H and O–H groups in total. The number of hydrogen-bond acceptors (Lipinski definition) is 0. The molecule has 0 aromatic heterocycles. The van der Waals surface area contributed by atoms with Gasteiger partial charge in [-0.1, -0.05) is 0 Å². The van der Waals surface area contributed by atoms with Crippen LogP contribution in [0.5, 0.6) is 0 Å². The van der Waals surface area contributed by atoms with E-state index in [9.17, 15) is 0 Å². The molecular weight excluding hydrogens is 515 g/mol. The summed E-state index contributed by atoms with van der Waals surface area (Å²) < 4.78 is 1.37. The first-order valence-corrected chi connectivity index (χ1v) is 11.8. The minimum Gasteiger partial charge on any atom is -1.00 e. The van der Waals surface area contributed by atoms with Crippen molar-refractivity contribution in [3.63, 3.8) is 0 Å². The van der Waals surface area contributed by atoms with Gasteiger partial charge in [-0.15, -0.1) is 0 Å². The quantitative estimate of drug-likeness (QED) is 0.264. The Morgan fingerprint density at radius 1 is 0.559 bits per heavy atom. The molecule has 4 heteroatoms. The van der Waals surface area contributed by atoms with Crippen molar-refractivity contribution in [3.8, 4) is 11.1 Å². The molecule has 1 atom stereocenters. The minimum absolute atomic E-state index is 0. The van der Waals surface area contributed by atoms with E-state index in [4.69, 9.17) is 0 Å². The fourth-order valence-corrected chi connectivity index (χ4v) is 6.50. The first-order chi connectivity index (χ1) is 15.0. The first-order valence-electron chi connectivity index (χ1n) is 11.0. The van der Waals surface area contributed by atoms with Gasteiger partial charge < -0.3 is 37.2 Å². The number of rotatable bonds is 3. The monoisotopic (exact) mass is 540 g/mol. The Bertz CT molecular complexity index is 1190. The zero-order valence-corrected chi connectivity index (χ0v) is 23.4. The normalized spacial score (nSPS) is 14.1. The molecule has 4 aromatic carbocycles. The molecule has 0 saturated carbocycles. The SMILES string of the molecule is CC(C)(C)C(c1ccccc1)(c1ccccc1)C1c2ccccc2-c2ccc[c]([Ti+3])c21.[Cl-].[Cl-].[Cl-]. The molecule has 0 nitrogen and oxygen atoms in total. The number of benzene rings is 4. The van der Waals surface area contributed by atoms with Crippen molar-refractivity contribution in [2.45, 2.75) is 32.1 Å². The molecule has 1 unspecified atom stereocenters. The van der Waals surface area contributed by atoms with Crippen LogP contribution in [0.4, 0.5) is 0 Å². The molecule has 172 valence electrons. The van der Waals surface area contributed by atoms with Crippen molar-refractivity contribution < 1.29 is 57.7 Å². The van der Waals surface area contributed by atoms with Gasteiger partial charge in [0.15, 0.2) is 0 Å². The van der Waals surface area contributed by atoms with Crippen molar-refractivity contribution in [2.24, 2.45) is 5.41 Å². The van der Waals surface area contributed by atoms with E-state index < -0.39 is 0 Å². The molecule has 0 amide bonds. The van der Waals surface area contributed by atoms with Crippen molar-refractivity contribution in [2.75, 3.05) is 0 Å². The van der Waals surface area contributed by atoms with Crippen LogP contribution in [0.3, 0.4) is 0 Å². The van der Waals surface area contributed by atoms with E-state index >= 15 is 0 Å². The summed E-state index contributed by atoms with van der Waals surface area (Å²) in [6.07, 6.45) is 0. The number of hydrogen-bond donors (Lipinski definition) is 0. The summed E-state index contributed by atoms with van der Waals surface area (Å²) in [5.41, 5.74) is 8.20. The van der Waals surface area contributed by atoms with Crippen molar-refractivity contribution in [1.29, 1.82) is 0 Å². The maximum Gasteiger partial charge on any atom is -1.00 e. The summed E-state index contributed by atoms with van der Waals surface area (Å²) in [7, 11) is 0. The maximum atomic E-state index is 2.41. The maximum absolute atomic E-state index is 2.41. The average molecular weight is 542 g/mol. The van der Waals surface area contributed by atoms with Crippen molar-refractivity contribution in [3.05, 3.63) is 125 Å². The summed E-state index contributed by atoms with van der Waals surface area (Å²) in [5, 5.41) is 0. The standard InChI is InChI=1S/C30H27.3ClH.Ti/c1-29(2,3)30(22-14-6-4-7-15-22,23-16-8-5-9-17-23)28-26-20-12-10-18-24(26)25-19-11-13-21-27(25)28;;;;/h4-20,28H,1-3H3;3*1H;/q;;;;+3/p-3. The van der Waals surface area contributed by atoms with Gasteiger partial charge in [-0.3, -0.25) is 0 Å². The van der Waals surface area contributed by atoms with Crippen LogP contribution in [0.1, 0.15) is 48.9 Å². The van der Waals surface area contributed by atoms with Crippen LogP contribution in [0.25, 0.3) is 11.1 Å². The average Bonchev–Trinajstić information content (AvgIpc) is 3.11. The smallest absolute Gasteiger partial charge is 1.00 e. The first kappa shape index (κ1) is 28.7. The molecule has 0 heterocycles. The fraction of sp³-hybridized carbons (Fsp3) is 0.200. The Morgan fingerprint density at radius 2 is 1.03 bits per heavy atom. The minimum atomic E-state index is -0.219. The Hall–Kier alpha value is -1.54. The topological polar surface area (TPSA) is 0 Å². The third-order valence-electron chi connectivity index (χ3n) is 7.03. The van der Waals surface area contributed by atoms with E-state index in [-0.39, 0.29) is 54.0 Å². The molecule has 1 aliphatic rings. The van der Waals surface area contributed by atoms with E-state index in [1.807, 2.05) is 0 Å². The Labute approximate surface area is 234 Å². The molecule has 0 saturated heterocycles. The predicted octanol–water partition coefficient (Wildman–Crippen LogP) is -1.98. The molecule has 0 aliphatic heterocycles. The van der Waals surface area contributed by atoms with E-state index in [0.717, 1.165) is 0 Å². The molecule has 1 aliphatic carbocycles. The summed E-state index contributed by atoms with van der Waals surface area (Å²) in [6, 6.07) is 38.2.